The molecule has 4 heterocycles. The van der Waals surface area contributed by atoms with Gasteiger partial charge in [-0.3, -0.25) is 0 Å². The van der Waals surface area contributed by atoms with Crippen LogP contribution in [0.5, 0.6) is 0 Å². The van der Waals surface area contributed by atoms with Crippen molar-refractivity contribution >= 4 is 121 Å². The summed E-state index contributed by atoms with van der Waals surface area (Å²) in [5.41, 5.74) is 14.1. The topological polar surface area (TPSA) is 32.8 Å². The summed E-state index contributed by atoms with van der Waals surface area (Å²) in [5.74, 6) is 0. The van der Waals surface area contributed by atoms with E-state index < -0.39 is 0 Å². The fourth-order valence-corrected chi connectivity index (χ4v) is 12.4. The average molecular weight is 933 g/mol. The smallest absolute Gasteiger partial charge is 0.159 e. The molecule has 0 fully saturated rings. The Morgan fingerprint density at radius 1 is 0.286 bits per heavy atom. The predicted octanol–water partition coefficient (Wildman–Crippen LogP) is 19.9. The fraction of sp³-hybridized carbons (Fsp3) is 0. The number of fused-ring (bicyclic) bond motifs is 8. The van der Waals surface area contributed by atoms with Crippen LogP contribution in [0.2, 0.25) is 0 Å². The number of nitrogens with zero attached hydrogens (tertiary/aromatic N) is 2. The highest BCUT2D eigenvalue weighted by molar-refractivity contribution is 7.22. The third-order valence-corrected chi connectivity index (χ3v) is 15.8. The zero-order chi connectivity index (χ0) is 46.1. The molecule has 0 aliphatic carbocycles. The molecule has 0 bridgehead atoms. The predicted molar refractivity (Wildman–Crippen MR) is 297 cm³/mol. The molecular formula is C64H40N2O2S2. The quantitative estimate of drug-likeness (QED) is 0.144. The summed E-state index contributed by atoms with van der Waals surface area (Å²) in [6.45, 7) is 0. The van der Waals surface area contributed by atoms with Crippen LogP contribution in [-0.2, 0) is 0 Å². The number of thiophene rings is 2. The van der Waals surface area contributed by atoms with Gasteiger partial charge in [-0.25, -0.2) is 0 Å². The fourth-order valence-electron chi connectivity index (χ4n) is 10.2. The number of hydrogen-bond donors (Lipinski definition) is 0. The highest BCUT2D eigenvalue weighted by Gasteiger charge is 2.23. The molecule has 14 aromatic rings. The standard InChI is InChI=1S/C64H40N2O2S2/c1-3-17-45(18-4-1)65(55-27-13-23-51-49-21-11-25-53(61(49)67-63(51)55)59-39-43-15-7-9-29-57(43)69-59)47-35-31-41(32-36-47)42-33-37-48(38-34-42)66(46-19-5-2-6-20-46)56-28-14-24-52-50-22-12-26-54(62(50)68-64(52)56)60-40-44-16-8-10-30-58(44)70-60/h1-40H. The Hall–Kier alpha value is -8.68. The van der Waals surface area contributed by atoms with Crippen LogP contribution in [0.1, 0.15) is 0 Å². The third-order valence-electron chi connectivity index (χ3n) is 13.5. The van der Waals surface area contributed by atoms with E-state index in [0.717, 1.165) is 100 Å². The van der Waals surface area contributed by atoms with E-state index in [0.29, 0.717) is 0 Å². The van der Waals surface area contributed by atoms with Crippen LogP contribution < -0.4 is 9.80 Å². The molecule has 4 aromatic heterocycles. The molecule has 330 valence electrons. The molecule has 0 saturated heterocycles. The SMILES string of the molecule is c1ccc(N(c2ccc(-c3ccc(N(c4ccccc4)c4cccc5c4oc4c(-c6cc7ccccc7s6)cccc45)cc3)cc2)c2cccc3c2oc2c(-c4cc5ccccc5s4)cccc23)cc1. The molecule has 0 radical (unpaired) electrons. The Morgan fingerprint density at radius 2 is 0.643 bits per heavy atom. The maximum atomic E-state index is 7.00. The molecule has 14 rings (SSSR count). The van der Waals surface area contributed by atoms with Crippen molar-refractivity contribution in [3.63, 3.8) is 0 Å². The largest absolute Gasteiger partial charge is 0.453 e. The van der Waals surface area contributed by atoms with Gasteiger partial charge in [-0.05, 0) is 119 Å². The minimum atomic E-state index is 0.854. The van der Waals surface area contributed by atoms with Crippen molar-refractivity contribution in [2.45, 2.75) is 0 Å². The lowest BCUT2D eigenvalue weighted by atomic mass is 10.0. The van der Waals surface area contributed by atoms with Gasteiger partial charge in [0.15, 0.2) is 11.2 Å². The number of benzene rings is 10. The van der Waals surface area contributed by atoms with Crippen molar-refractivity contribution < 1.29 is 8.83 Å². The van der Waals surface area contributed by atoms with Crippen LogP contribution in [0, 0.1) is 0 Å². The van der Waals surface area contributed by atoms with Crippen LogP contribution in [-0.4, -0.2) is 0 Å². The molecule has 0 N–H and O–H groups in total. The lowest BCUT2D eigenvalue weighted by Gasteiger charge is -2.26. The summed E-state index contributed by atoms with van der Waals surface area (Å²) in [4.78, 5) is 7.01. The second-order valence-electron chi connectivity index (χ2n) is 17.6. The van der Waals surface area contributed by atoms with Gasteiger partial charge in [0.1, 0.15) is 11.2 Å². The van der Waals surface area contributed by atoms with Gasteiger partial charge < -0.3 is 18.6 Å². The van der Waals surface area contributed by atoms with Crippen LogP contribution in [0.4, 0.5) is 34.1 Å². The molecule has 6 heteroatoms. The van der Waals surface area contributed by atoms with Crippen LogP contribution >= 0.6 is 22.7 Å². The van der Waals surface area contributed by atoms with E-state index in [1.54, 1.807) is 22.7 Å². The second kappa shape index (κ2) is 16.5. The first-order valence-electron chi connectivity index (χ1n) is 23.5. The summed E-state index contributed by atoms with van der Waals surface area (Å²) in [6, 6.07) is 86.5. The van der Waals surface area contributed by atoms with Gasteiger partial charge in [0.05, 0.1) is 11.4 Å². The van der Waals surface area contributed by atoms with Crippen LogP contribution in [0.15, 0.2) is 251 Å². The highest BCUT2D eigenvalue weighted by Crippen LogP contribution is 2.48. The van der Waals surface area contributed by atoms with Gasteiger partial charge in [-0.15, -0.1) is 22.7 Å². The first kappa shape index (κ1) is 40.4. The Bertz CT molecular complexity index is 3900. The van der Waals surface area contributed by atoms with Gasteiger partial charge in [0, 0.05) is 74.6 Å². The molecular weight excluding hydrogens is 893 g/mol. The van der Waals surface area contributed by atoms with Gasteiger partial charge in [0.25, 0.3) is 0 Å². The summed E-state index contributed by atoms with van der Waals surface area (Å²) in [7, 11) is 0. The zero-order valence-electron chi connectivity index (χ0n) is 37.6. The van der Waals surface area contributed by atoms with E-state index in [4.69, 9.17) is 8.83 Å². The van der Waals surface area contributed by atoms with E-state index in [9.17, 15) is 0 Å². The molecule has 0 spiro atoms. The van der Waals surface area contributed by atoms with Crippen molar-refractivity contribution in [1.82, 2.24) is 0 Å². The van der Waals surface area contributed by atoms with Crippen molar-refractivity contribution in [2.24, 2.45) is 0 Å². The number of anilines is 6. The molecule has 0 saturated carbocycles. The molecule has 0 aliphatic heterocycles. The van der Waals surface area contributed by atoms with Gasteiger partial charge >= 0.3 is 0 Å². The zero-order valence-corrected chi connectivity index (χ0v) is 39.3. The lowest BCUT2D eigenvalue weighted by molar-refractivity contribution is 0.670. The molecule has 0 atom stereocenters. The monoisotopic (exact) mass is 932 g/mol. The lowest BCUT2D eigenvalue weighted by Crippen LogP contribution is -2.10. The molecule has 70 heavy (non-hydrogen) atoms. The van der Waals surface area contributed by atoms with Crippen molar-refractivity contribution in [2.75, 3.05) is 9.80 Å². The Labute approximate surface area is 411 Å². The minimum Gasteiger partial charge on any atom is -0.453 e. The minimum absolute atomic E-state index is 0.854. The van der Waals surface area contributed by atoms with E-state index >= 15 is 0 Å². The summed E-state index contributed by atoms with van der Waals surface area (Å²) < 4.78 is 16.5. The first-order chi connectivity index (χ1) is 34.7. The van der Waals surface area contributed by atoms with E-state index in [1.807, 2.05) is 0 Å². The van der Waals surface area contributed by atoms with Crippen molar-refractivity contribution in [3.05, 3.63) is 243 Å². The number of para-hydroxylation sites is 6. The molecule has 4 nitrogen and oxygen atoms in total. The van der Waals surface area contributed by atoms with Gasteiger partial charge in [-0.1, -0.05) is 146 Å². The molecule has 0 amide bonds. The van der Waals surface area contributed by atoms with Crippen molar-refractivity contribution in [3.8, 4) is 32.0 Å². The van der Waals surface area contributed by atoms with Crippen molar-refractivity contribution in [1.29, 1.82) is 0 Å². The Balaban J connectivity index is 0.828. The summed E-state index contributed by atoms with van der Waals surface area (Å²) in [5, 5.41) is 6.88. The van der Waals surface area contributed by atoms with Gasteiger partial charge in [-0.2, -0.15) is 0 Å². The summed E-state index contributed by atoms with van der Waals surface area (Å²) >= 11 is 3.61. The maximum absolute atomic E-state index is 7.00. The second-order valence-corrected chi connectivity index (χ2v) is 19.8. The average Bonchev–Trinajstić information content (AvgIpc) is 4.23. The highest BCUT2D eigenvalue weighted by atomic mass is 32.1. The maximum Gasteiger partial charge on any atom is 0.159 e. The normalized spacial score (nSPS) is 11.7. The number of rotatable bonds is 9. The van der Waals surface area contributed by atoms with Crippen LogP contribution in [0.25, 0.3) is 96.1 Å². The van der Waals surface area contributed by atoms with E-state index in [-0.39, 0.29) is 0 Å². The van der Waals surface area contributed by atoms with E-state index in [1.165, 1.54) is 29.9 Å². The van der Waals surface area contributed by atoms with Gasteiger partial charge in [0.2, 0.25) is 0 Å². The number of hydrogen-bond acceptors (Lipinski definition) is 6. The molecule has 10 aromatic carbocycles. The Morgan fingerprint density at radius 3 is 1.06 bits per heavy atom. The van der Waals surface area contributed by atoms with Crippen LogP contribution in [0.3, 0.4) is 0 Å². The Kier molecular flexibility index (Phi) is 9.54. The van der Waals surface area contributed by atoms with E-state index in [2.05, 4.69) is 252 Å². The number of furan rings is 2. The first-order valence-corrected chi connectivity index (χ1v) is 25.1. The molecule has 0 unspecified atom stereocenters. The summed E-state index contributed by atoms with van der Waals surface area (Å²) in [6.07, 6.45) is 0. The molecule has 0 aliphatic rings. The third kappa shape index (κ3) is 6.72.